The molecule has 0 amide bonds. The fourth-order valence-electron chi connectivity index (χ4n) is 1.48. The van der Waals surface area contributed by atoms with Crippen LogP contribution in [-0.2, 0) is 9.47 Å². The first-order valence-corrected chi connectivity index (χ1v) is 7.93. The van der Waals surface area contributed by atoms with E-state index in [1.165, 1.54) is 0 Å². The Morgan fingerprint density at radius 2 is 1.50 bits per heavy atom. The van der Waals surface area contributed by atoms with Crippen molar-refractivity contribution in [3.63, 3.8) is 0 Å². The number of carbonyl (C=O) groups excluding carboxylic acids is 2. The molecule has 0 radical (unpaired) electrons. The predicted octanol–water partition coefficient (Wildman–Crippen LogP) is 4.35. The van der Waals surface area contributed by atoms with E-state index in [0.717, 1.165) is 12.8 Å². The lowest BCUT2D eigenvalue weighted by Crippen LogP contribution is -2.15. The van der Waals surface area contributed by atoms with Gasteiger partial charge in [-0.1, -0.05) is 13.3 Å². The fraction of sp³-hybridized carbons (Fsp3) is 0.429. The van der Waals surface area contributed by atoms with E-state index in [-0.39, 0.29) is 17.7 Å². The summed E-state index contributed by atoms with van der Waals surface area (Å²) in [5, 5.41) is 0. The van der Waals surface area contributed by atoms with Crippen LogP contribution in [0.4, 0.5) is 0 Å². The molecular formula is C14H16Br2O4. The number of hydrogen-bond acceptors (Lipinski definition) is 4. The Kier molecular flexibility index (Phi) is 7.23. The van der Waals surface area contributed by atoms with Crippen molar-refractivity contribution in [1.29, 1.82) is 0 Å². The first-order valence-electron chi connectivity index (χ1n) is 6.34. The Labute approximate surface area is 135 Å². The van der Waals surface area contributed by atoms with E-state index in [1.54, 1.807) is 19.1 Å². The quantitative estimate of drug-likeness (QED) is 0.519. The molecule has 0 saturated carbocycles. The van der Waals surface area contributed by atoms with Crippen LogP contribution in [0.3, 0.4) is 0 Å². The normalized spacial score (nSPS) is 10.2. The first-order chi connectivity index (χ1) is 9.51. The van der Waals surface area contributed by atoms with E-state index in [1.807, 2.05) is 6.92 Å². The summed E-state index contributed by atoms with van der Waals surface area (Å²) >= 11 is 6.62. The van der Waals surface area contributed by atoms with Crippen LogP contribution in [0.15, 0.2) is 21.1 Å². The SMILES string of the molecule is CCCCOC(=O)c1cc(Br)c(Br)cc1C(=O)OCC. The van der Waals surface area contributed by atoms with Gasteiger partial charge in [0.25, 0.3) is 0 Å². The molecule has 20 heavy (non-hydrogen) atoms. The van der Waals surface area contributed by atoms with Crippen LogP contribution in [0.1, 0.15) is 47.4 Å². The van der Waals surface area contributed by atoms with E-state index >= 15 is 0 Å². The topological polar surface area (TPSA) is 52.6 Å². The maximum Gasteiger partial charge on any atom is 0.339 e. The standard InChI is InChI=1S/C14H16Br2O4/c1-3-5-6-20-14(18)10-8-12(16)11(15)7-9(10)13(17)19-4-2/h7-8H,3-6H2,1-2H3. The molecule has 0 atom stereocenters. The van der Waals surface area contributed by atoms with Crippen LogP contribution < -0.4 is 0 Å². The third-order valence-corrected chi connectivity index (χ3v) is 4.35. The maximum atomic E-state index is 12.0. The molecule has 0 unspecified atom stereocenters. The monoisotopic (exact) mass is 406 g/mol. The Bertz CT molecular complexity index is 500. The van der Waals surface area contributed by atoms with Gasteiger partial charge in [0.2, 0.25) is 0 Å². The average Bonchev–Trinajstić information content (AvgIpc) is 2.41. The highest BCUT2D eigenvalue weighted by Gasteiger charge is 2.21. The summed E-state index contributed by atoms with van der Waals surface area (Å²) in [6.07, 6.45) is 1.72. The van der Waals surface area contributed by atoms with Gasteiger partial charge in [0.05, 0.1) is 24.3 Å². The number of ether oxygens (including phenoxy) is 2. The summed E-state index contributed by atoms with van der Waals surface area (Å²) in [5.74, 6) is -1.06. The van der Waals surface area contributed by atoms with Gasteiger partial charge < -0.3 is 9.47 Å². The molecule has 0 heterocycles. The maximum absolute atomic E-state index is 12.0. The summed E-state index contributed by atoms with van der Waals surface area (Å²) in [4.78, 5) is 23.9. The number of hydrogen-bond donors (Lipinski definition) is 0. The van der Waals surface area contributed by atoms with Gasteiger partial charge in [-0.25, -0.2) is 9.59 Å². The van der Waals surface area contributed by atoms with Gasteiger partial charge in [-0.2, -0.15) is 0 Å². The average molecular weight is 408 g/mol. The van der Waals surface area contributed by atoms with Gasteiger partial charge in [0.1, 0.15) is 0 Å². The summed E-state index contributed by atoms with van der Waals surface area (Å²) in [6.45, 7) is 4.31. The van der Waals surface area contributed by atoms with E-state index in [0.29, 0.717) is 15.6 Å². The van der Waals surface area contributed by atoms with Crippen LogP contribution >= 0.6 is 31.9 Å². The molecule has 0 bridgehead atoms. The first kappa shape index (κ1) is 17.2. The Hall–Kier alpha value is -0.880. The molecular weight excluding hydrogens is 392 g/mol. The van der Waals surface area contributed by atoms with Gasteiger partial charge >= 0.3 is 11.9 Å². The number of unbranched alkanes of at least 4 members (excludes halogenated alkanes) is 1. The second kappa shape index (κ2) is 8.42. The van der Waals surface area contributed by atoms with Crippen molar-refractivity contribution < 1.29 is 19.1 Å². The molecule has 1 rings (SSSR count). The van der Waals surface area contributed by atoms with Gasteiger partial charge in [0, 0.05) is 8.95 Å². The molecule has 110 valence electrons. The van der Waals surface area contributed by atoms with Gasteiger partial charge in [0.15, 0.2) is 0 Å². The van der Waals surface area contributed by atoms with Crippen molar-refractivity contribution in [2.75, 3.05) is 13.2 Å². The van der Waals surface area contributed by atoms with Crippen LogP contribution in [0.5, 0.6) is 0 Å². The Morgan fingerprint density at radius 1 is 1.00 bits per heavy atom. The summed E-state index contributed by atoms with van der Waals surface area (Å²) in [7, 11) is 0. The zero-order valence-electron chi connectivity index (χ0n) is 11.4. The highest BCUT2D eigenvalue weighted by molar-refractivity contribution is 9.13. The molecule has 0 aliphatic heterocycles. The van der Waals surface area contributed by atoms with E-state index in [4.69, 9.17) is 9.47 Å². The third-order valence-electron chi connectivity index (χ3n) is 2.51. The van der Waals surface area contributed by atoms with Gasteiger partial charge in [-0.05, 0) is 57.3 Å². The van der Waals surface area contributed by atoms with Crippen molar-refractivity contribution in [1.82, 2.24) is 0 Å². The molecule has 1 aromatic carbocycles. The molecule has 0 aromatic heterocycles. The lowest BCUT2D eigenvalue weighted by molar-refractivity contribution is 0.0463. The minimum atomic E-state index is -0.539. The summed E-state index contributed by atoms with van der Waals surface area (Å²) < 4.78 is 11.5. The predicted molar refractivity (Wildman–Crippen MR) is 83.0 cm³/mol. The van der Waals surface area contributed by atoms with Crippen LogP contribution in [0.25, 0.3) is 0 Å². The van der Waals surface area contributed by atoms with E-state index in [9.17, 15) is 9.59 Å². The number of rotatable bonds is 6. The minimum absolute atomic E-state index is 0.198. The van der Waals surface area contributed by atoms with Crippen molar-refractivity contribution in [2.45, 2.75) is 26.7 Å². The molecule has 4 nitrogen and oxygen atoms in total. The molecule has 0 spiro atoms. The molecule has 0 aliphatic rings. The third kappa shape index (κ3) is 4.59. The largest absolute Gasteiger partial charge is 0.462 e. The van der Waals surface area contributed by atoms with Crippen molar-refractivity contribution in [3.8, 4) is 0 Å². The molecule has 0 N–H and O–H groups in total. The van der Waals surface area contributed by atoms with Crippen molar-refractivity contribution in [2.24, 2.45) is 0 Å². The van der Waals surface area contributed by atoms with Crippen LogP contribution in [0, 0.1) is 0 Å². The lowest BCUT2D eigenvalue weighted by atomic mass is 10.1. The number of benzene rings is 1. The molecule has 1 aromatic rings. The summed E-state index contributed by atoms with van der Waals surface area (Å²) in [6, 6.07) is 3.11. The van der Waals surface area contributed by atoms with Crippen LogP contribution in [-0.4, -0.2) is 25.2 Å². The summed E-state index contributed by atoms with van der Waals surface area (Å²) in [5.41, 5.74) is 0.401. The van der Waals surface area contributed by atoms with Gasteiger partial charge in [-0.15, -0.1) is 0 Å². The molecule has 6 heteroatoms. The van der Waals surface area contributed by atoms with E-state index < -0.39 is 11.9 Å². The highest BCUT2D eigenvalue weighted by atomic mass is 79.9. The molecule has 0 aliphatic carbocycles. The zero-order valence-corrected chi connectivity index (χ0v) is 14.5. The lowest BCUT2D eigenvalue weighted by Gasteiger charge is -2.10. The minimum Gasteiger partial charge on any atom is -0.462 e. The van der Waals surface area contributed by atoms with E-state index in [2.05, 4.69) is 31.9 Å². The Morgan fingerprint density at radius 3 is 1.95 bits per heavy atom. The smallest absolute Gasteiger partial charge is 0.339 e. The van der Waals surface area contributed by atoms with Crippen LogP contribution in [0.2, 0.25) is 0 Å². The fourth-order valence-corrected chi connectivity index (χ4v) is 2.17. The number of halogens is 2. The highest BCUT2D eigenvalue weighted by Crippen LogP contribution is 2.28. The zero-order chi connectivity index (χ0) is 15.1. The Balaban J connectivity index is 3.06. The van der Waals surface area contributed by atoms with Crippen molar-refractivity contribution >= 4 is 43.8 Å². The number of carbonyl (C=O) groups is 2. The number of esters is 2. The second-order valence-corrected chi connectivity index (χ2v) is 5.73. The second-order valence-electron chi connectivity index (χ2n) is 4.02. The van der Waals surface area contributed by atoms with Crippen molar-refractivity contribution in [3.05, 3.63) is 32.2 Å². The molecule has 0 saturated heterocycles. The van der Waals surface area contributed by atoms with Gasteiger partial charge in [-0.3, -0.25) is 0 Å². The molecule has 0 fully saturated rings.